The number of nitrogens with zero attached hydrogens (tertiary/aromatic N) is 8. The first-order chi connectivity index (χ1) is 30.6. The molecule has 16 nitrogen and oxygen atoms in total. The van der Waals surface area contributed by atoms with Gasteiger partial charge in [-0.05, 0) is 78.8 Å². The van der Waals surface area contributed by atoms with Gasteiger partial charge in [0.1, 0.15) is 12.2 Å². The number of benzene rings is 3. The highest BCUT2D eigenvalue weighted by Crippen LogP contribution is 2.32. The number of nitrogens with one attached hydrogen (secondary N) is 4. The fourth-order valence-electron chi connectivity index (χ4n) is 9.42. The van der Waals surface area contributed by atoms with Crippen molar-refractivity contribution in [3.8, 4) is 11.1 Å². The number of halogens is 1. The van der Waals surface area contributed by atoms with Crippen LogP contribution in [-0.4, -0.2) is 111 Å². The second-order valence-electron chi connectivity index (χ2n) is 17.2. The van der Waals surface area contributed by atoms with E-state index >= 15 is 0 Å². The van der Waals surface area contributed by atoms with Crippen LogP contribution in [-0.2, 0) is 16.6 Å². The minimum Gasteiger partial charge on any atom is -0.385 e. The molecule has 0 bridgehead atoms. The number of piperazine rings is 1. The predicted molar refractivity (Wildman–Crippen MR) is 241 cm³/mol. The number of amides is 3. The van der Waals surface area contributed by atoms with E-state index in [-0.39, 0.29) is 23.7 Å². The lowest BCUT2D eigenvalue weighted by Crippen LogP contribution is -2.49. The molecule has 0 radical (unpaired) electrons. The van der Waals surface area contributed by atoms with Gasteiger partial charge >= 0.3 is 5.69 Å². The lowest BCUT2D eigenvalue weighted by Gasteiger charge is -2.40. The Kier molecular flexibility index (Phi) is 10.6. The number of imidazole rings is 2. The summed E-state index contributed by atoms with van der Waals surface area (Å²) < 4.78 is 18.1. The summed E-state index contributed by atoms with van der Waals surface area (Å²) >= 11 is 0. The molecule has 1 saturated carbocycles. The number of aromatic nitrogens is 5. The second kappa shape index (κ2) is 16.5. The van der Waals surface area contributed by atoms with Gasteiger partial charge in [-0.1, -0.05) is 24.3 Å². The van der Waals surface area contributed by atoms with E-state index in [2.05, 4.69) is 82.4 Å². The predicted octanol–water partition coefficient (Wildman–Crippen LogP) is 4.69. The van der Waals surface area contributed by atoms with E-state index in [1.165, 1.54) is 21.0 Å². The SMILES string of the molecule is CNc1cc(Nc2cccc(N3CCC(CN4CCN(c5ccc(-c6ccc7c(c6)n(C)c(=O)n7C6CCC(=O)NC6=O)cc5)CC4)CC3)c2)nn2c(C(=O)N[C@@H]3C[C@@H]3F)cnc12. The third kappa shape index (κ3) is 7.96. The summed E-state index contributed by atoms with van der Waals surface area (Å²) in [6.45, 7) is 7.03. The first kappa shape index (κ1) is 40.3. The lowest BCUT2D eigenvalue weighted by molar-refractivity contribution is -0.135. The summed E-state index contributed by atoms with van der Waals surface area (Å²) in [4.78, 5) is 62.4. The van der Waals surface area contributed by atoms with E-state index < -0.39 is 30.1 Å². The molecule has 3 aromatic heterocycles. The van der Waals surface area contributed by atoms with Crippen LogP contribution in [0.3, 0.4) is 0 Å². The van der Waals surface area contributed by atoms with Crippen molar-refractivity contribution in [2.75, 3.05) is 73.3 Å². The van der Waals surface area contributed by atoms with Gasteiger partial charge in [-0.25, -0.2) is 18.7 Å². The number of anilines is 5. The molecule has 10 rings (SSSR count). The molecule has 0 spiro atoms. The van der Waals surface area contributed by atoms with Crippen LogP contribution in [0.25, 0.3) is 27.8 Å². The summed E-state index contributed by atoms with van der Waals surface area (Å²) in [6, 6.07) is 23.5. The van der Waals surface area contributed by atoms with Gasteiger partial charge in [-0.3, -0.25) is 33.7 Å². The number of rotatable bonds is 11. The Balaban J connectivity index is 0.717. The van der Waals surface area contributed by atoms with Crippen LogP contribution in [0.15, 0.2) is 83.8 Å². The van der Waals surface area contributed by atoms with E-state index in [1.54, 1.807) is 18.7 Å². The molecule has 6 heterocycles. The Labute approximate surface area is 363 Å². The van der Waals surface area contributed by atoms with Crippen molar-refractivity contribution < 1.29 is 18.8 Å². The third-order valence-corrected chi connectivity index (χ3v) is 13.2. The van der Waals surface area contributed by atoms with Crippen molar-refractivity contribution in [3.05, 3.63) is 95.2 Å². The third-order valence-electron chi connectivity index (χ3n) is 13.2. The summed E-state index contributed by atoms with van der Waals surface area (Å²) in [7, 11) is 3.51. The molecule has 3 aliphatic heterocycles. The highest BCUT2D eigenvalue weighted by molar-refractivity contribution is 6.00. The molecule has 326 valence electrons. The van der Waals surface area contributed by atoms with Crippen LogP contribution in [0.5, 0.6) is 0 Å². The van der Waals surface area contributed by atoms with Crippen molar-refractivity contribution in [2.45, 2.75) is 50.4 Å². The largest absolute Gasteiger partial charge is 0.385 e. The summed E-state index contributed by atoms with van der Waals surface area (Å²) in [5.74, 6) is 0.0446. The molecule has 4 aliphatic rings. The number of carbonyl (C=O) groups is 3. The van der Waals surface area contributed by atoms with Crippen molar-refractivity contribution in [2.24, 2.45) is 13.0 Å². The number of carbonyl (C=O) groups excluding carboxylic acids is 3. The van der Waals surface area contributed by atoms with Crippen LogP contribution >= 0.6 is 0 Å². The van der Waals surface area contributed by atoms with E-state index in [1.807, 2.05) is 36.4 Å². The van der Waals surface area contributed by atoms with Gasteiger partial charge in [0, 0.05) is 95.9 Å². The molecule has 17 heteroatoms. The quantitative estimate of drug-likeness (QED) is 0.134. The monoisotopic (exact) mass is 854 g/mol. The first-order valence-electron chi connectivity index (χ1n) is 21.9. The highest BCUT2D eigenvalue weighted by Gasteiger charge is 2.39. The molecule has 6 aromatic rings. The van der Waals surface area contributed by atoms with Gasteiger partial charge in [0.2, 0.25) is 11.8 Å². The van der Waals surface area contributed by atoms with Crippen LogP contribution in [0.4, 0.5) is 33.0 Å². The molecule has 4 fully saturated rings. The van der Waals surface area contributed by atoms with Crippen LogP contribution in [0.1, 0.15) is 48.6 Å². The van der Waals surface area contributed by atoms with Crippen molar-refractivity contribution in [3.63, 3.8) is 0 Å². The topological polar surface area (TPSA) is 166 Å². The van der Waals surface area contributed by atoms with E-state index in [9.17, 15) is 23.6 Å². The smallest absolute Gasteiger partial charge is 0.329 e. The second-order valence-corrected chi connectivity index (χ2v) is 17.2. The van der Waals surface area contributed by atoms with Gasteiger partial charge < -0.3 is 25.8 Å². The molecule has 63 heavy (non-hydrogen) atoms. The normalized spacial score (nSPS) is 20.9. The lowest BCUT2D eigenvalue weighted by atomic mass is 9.95. The minimum atomic E-state index is -1.00. The van der Waals surface area contributed by atoms with Crippen molar-refractivity contribution >= 4 is 63.0 Å². The number of imide groups is 1. The maximum absolute atomic E-state index is 13.5. The summed E-state index contributed by atoms with van der Waals surface area (Å²) in [5, 5.41) is 16.3. The molecule has 3 amide bonds. The number of hydrogen-bond acceptors (Lipinski definition) is 11. The number of aryl methyl sites for hydroxylation is 1. The highest BCUT2D eigenvalue weighted by atomic mass is 19.1. The van der Waals surface area contributed by atoms with E-state index in [0.717, 1.165) is 86.7 Å². The van der Waals surface area contributed by atoms with Gasteiger partial charge in [-0.15, -0.1) is 5.10 Å². The average Bonchev–Trinajstić information content (AvgIpc) is 3.71. The molecule has 3 aromatic carbocycles. The Morgan fingerprint density at radius 2 is 1.60 bits per heavy atom. The fourth-order valence-corrected chi connectivity index (χ4v) is 9.42. The van der Waals surface area contributed by atoms with Gasteiger partial charge in [0.25, 0.3) is 5.91 Å². The maximum Gasteiger partial charge on any atom is 0.329 e. The Morgan fingerprint density at radius 3 is 2.33 bits per heavy atom. The van der Waals surface area contributed by atoms with Crippen molar-refractivity contribution in [1.29, 1.82) is 0 Å². The van der Waals surface area contributed by atoms with E-state index in [4.69, 9.17) is 0 Å². The number of hydrogen-bond donors (Lipinski definition) is 4. The number of piperidine rings is 2. The minimum absolute atomic E-state index is 0.208. The van der Waals surface area contributed by atoms with E-state index in [0.29, 0.717) is 41.4 Å². The standard InChI is InChI=1S/C46H51FN12O4/c1-48-36-25-41(53-59-40(26-49-43(36)59)45(62)51-35-24-34(35)47)50-31-4-3-5-33(23-31)56-16-14-28(15-17-56)27-55-18-20-57(21-19-55)32-9-6-29(7-10-32)30-8-11-37-39(22-30)54(2)46(63)58(37)38-12-13-42(60)52-44(38)61/h3-11,22-23,25-26,28,34-35,38,48H,12-21,24,27H2,1-2H3,(H,50,53)(H,51,62)(H,52,60,61)/t34-,35+,38?/m0/s1. The molecule has 3 atom stereocenters. The zero-order valence-electron chi connectivity index (χ0n) is 35.4. The van der Waals surface area contributed by atoms with Crippen molar-refractivity contribution in [1.82, 2.24) is 39.3 Å². The van der Waals surface area contributed by atoms with Gasteiger partial charge in [0.15, 0.2) is 17.2 Å². The number of alkyl halides is 1. The molecule has 3 saturated heterocycles. The van der Waals surface area contributed by atoms with Crippen LogP contribution < -0.4 is 36.8 Å². The van der Waals surface area contributed by atoms with Gasteiger partial charge in [-0.2, -0.15) is 0 Å². The molecular formula is C46H51FN12O4. The van der Waals surface area contributed by atoms with Crippen LogP contribution in [0.2, 0.25) is 0 Å². The number of fused-ring (bicyclic) bond motifs is 2. The summed E-state index contributed by atoms with van der Waals surface area (Å²) in [6.07, 6.45) is 3.56. The molecule has 1 unspecified atom stereocenters. The first-order valence-corrected chi connectivity index (χ1v) is 21.9. The van der Waals surface area contributed by atoms with Gasteiger partial charge in [0.05, 0.1) is 29.0 Å². The Morgan fingerprint density at radius 1 is 0.857 bits per heavy atom. The molecular weight excluding hydrogens is 804 g/mol. The molecule has 1 aliphatic carbocycles. The zero-order chi connectivity index (χ0) is 43.4. The fraction of sp³-hybridized carbons (Fsp3) is 0.391. The Hall–Kier alpha value is -6.75. The average molecular weight is 855 g/mol. The van der Waals surface area contributed by atoms with Crippen LogP contribution in [0, 0.1) is 5.92 Å². The molecule has 4 N–H and O–H groups in total. The summed E-state index contributed by atoms with van der Waals surface area (Å²) in [5.41, 5.74) is 7.88. The zero-order valence-corrected chi connectivity index (χ0v) is 35.4. The maximum atomic E-state index is 13.5. The Bertz CT molecular complexity index is 2780.